The van der Waals surface area contributed by atoms with Crippen molar-refractivity contribution in [2.75, 3.05) is 12.4 Å². The Morgan fingerprint density at radius 3 is 2.59 bits per heavy atom. The van der Waals surface area contributed by atoms with Crippen LogP contribution in [0.1, 0.15) is 10.4 Å². The molecule has 2 aromatic rings. The predicted octanol–water partition coefficient (Wildman–Crippen LogP) is 2.15. The minimum atomic E-state index is -0.753. The van der Waals surface area contributed by atoms with Crippen molar-refractivity contribution in [3.63, 3.8) is 0 Å². The number of nitrogens with two attached hydrogens (primary N) is 1. The number of amides is 1. The van der Waals surface area contributed by atoms with Crippen molar-refractivity contribution in [2.24, 2.45) is 5.73 Å². The summed E-state index contributed by atoms with van der Waals surface area (Å²) in [5, 5.41) is 23.6. The average molecular weight is 303 g/mol. The van der Waals surface area contributed by atoms with Crippen LogP contribution in [0, 0.1) is 10.1 Å². The minimum Gasteiger partial charge on any atom is -0.504 e. The van der Waals surface area contributed by atoms with Gasteiger partial charge in [-0.3, -0.25) is 14.9 Å². The molecule has 0 unspecified atom stereocenters. The van der Waals surface area contributed by atoms with E-state index in [2.05, 4.69) is 5.32 Å². The van der Waals surface area contributed by atoms with Crippen LogP contribution in [-0.2, 0) is 0 Å². The number of aromatic hydroxyl groups is 1. The molecule has 0 aromatic heterocycles. The zero-order valence-corrected chi connectivity index (χ0v) is 11.6. The van der Waals surface area contributed by atoms with E-state index < -0.39 is 10.8 Å². The number of carbonyl (C=O) groups excluding carboxylic acids is 1. The lowest BCUT2D eigenvalue weighted by atomic mass is 10.1. The molecule has 0 heterocycles. The van der Waals surface area contributed by atoms with Crippen LogP contribution in [0.25, 0.3) is 0 Å². The second kappa shape index (κ2) is 6.00. The van der Waals surface area contributed by atoms with Crippen molar-refractivity contribution in [1.29, 1.82) is 0 Å². The number of hydrogen-bond donors (Lipinski definition) is 3. The van der Waals surface area contributed by atoms with Gasteiger partial charge in [0.2, 0.25) is 5.91 Å². The smallest absolute Gasteiger partial charge is 0.293 e. The van der Waals surface area contributed by atoms with Gasteiger partial charge in [-0.05, 0) is 24.3 Å². The number of nitrogens with zero attached hydrogens (tertiary/aromatic N) is 1. The van der Waals surface area contributed by atoms with Crippen molar-refractivity contribution in [1.82, 2.24) is 0 Å². The summed E-state index contributed by atoms with van der Waals surface area (Å²) in [5.74, 6) is -0.579. The second-order valence-electron chi connectivity index (χ2n) is 4.36. The Morgan fingerprint density at radius 1 is 1.32 bits per heavy atom. The van der Waals surface area contributed by atoms with Crippen molar-refractivity contribution in [3.8, 4) is 11.5 Å². The maximum absolute atomic E-state index is 11.1. The first-order chi connectivity index (χ1) is 10.4. The van der Waals surface area contributed by atoms with Gasteiger partial charge in [-0.2, -0.15) is 0 Å². The van der Waals surface area contributed by atoms with Crippen LogP contribution in [0.2, 0.25) is 0 Å². The second-order valence-corrected chi connectivity index (χ2v) is 4.36. The number of nitro benzene ring substituents is 1. The van der Waals surface area contributed by atoms with Gasteiger partial charge >= 0.3 is 0 Å². The Bertz CT molecular complexity index is 745. The number of anilines is 2. The molecule has 8 heteroatoms. The highest BCUT2D eigenvalue weighted by Gasteiger charge is 2.17. The Labute approximate surface area is 125 Å². The zero-order valence-electron chi connectivity index (χ0n) is 11.6. The molecule has 114 valence electrons. The molecular weight excluding hydrogens is 290 g/mol. The summed E-state index contributed by atoms with van der Waals surface area (Å²) >= 11 is 0. The lowest BCUT2D eigenvalue weighted by molar-refractivity contribution is -0.383. The average Bonchev–Trinajstić information content (AvgIpc) is 2.47. The monoisotopic (exact) mass is 303 g/mol. The summed E-state index contributed by atoms with van der Waals surface area (Å²) in [4.78, 5) is 21.6. The van der Waals surface area contributed by atoms with Crippen LogP contribution < -0.4 is 15.8 Å². The van der Waals surface area contributed by atoms with E-state index in [4.69, 9.17) is 10.5 Å². The number of methoxy groups -OCH3 is 1. The Morgan fingerprint density at radius 2 is 2.05 bits per heavy atom. The van der Waals surface area contributed by atoms with Gasteiger partial charge in [-0.25, -0.2) is 0 Å². The van der Waals surface area contributed by atoms with Gasteiger partial charge in [0, 0.05) is 23.4 Å². The van der Waals surface area contributed by atoms with Gasteiger partial charge in [0.05, 0.1) is 12.0 Å². The van der Waals surface area contributed by atoms with Crippen LogP contribution >= 0.6 is 0 Å². The van der Waals surface area contributed by atoms with Crippen LogP contribution in [0.4, 0.5) is 17.1 Å². The van der Waals surface area contributed by atoms with E-state index in [1.54, 1.807) is 6.07 Å². The van der Waals surface area contributed by atoms with Crippen LogP contribution in [-0.4, -0.2) is 23.0 Å². The SMILES string of the molecule is COc1ccc(Nc2ccc(C(N)=O)cc2[N+](=O)[O-])cc1O. The van der Waals surface area contributed by atoms with Gasteiger partial charge in [0.25, 0.3) is 5.69 Å². The van der Waals surface area contributed by atoms with Crippen molar-refractivity contribution in [2.45, 2.75) is 0 Å². The fourth-order valence-electron chi connectivity index (χ4n) is 1.86. The lowest BCUT2D eigenvalue weighted by Crippen LogP contribution is -2.11. The highest BCUT2D eigenvalue weighted by molar-refractivity contribution is 5.94. The lowest BCUT2D eigenvalue weighted by Gasteiger charge is -2.10. The number of rotatable bonds is 5. The molecule has 0 saturated carbocycles. The van der Waals surface area contributed by atoms with E-state index in [1.165, 1.54) is 31.4 Å². The number of ether oxygens (including phenoxy) is 1. The molecule has 0 saturated heterocycles. The van der Waals surface area contributed by atoms with Gasteiger partial charge in [-0.15, -0.1) is 0 Å². The third-order valence-electron chi connectivity index (χ3n) is 2.94. The summed E-state index contributed by atoms with van der Waals surface area (Å²) in [6.45, 7) is 0. The maximum Gasteiger partial charge on any atom is 0.293 e. The topological polar surface area (TPSA) is 128 Å². The Kier molecular flexibility index (Phi) is 4.12. The highest BCUT2D eigenvalue weighted by atomic mass is 16.6. The molecule has 2 rings (SSSR count). The molecule has 2 aromatic carbocycles. The molecule has 0 radical (unpaired) electrons. The Hall–Kier alpha value is -3.29. The van der Waals surface area contributed by atoms with E-state index in [1.807, 2.05) is 0 Å². The van der Waals surface area contributed by atoms with E-state index >= 15 is 0 Å². The number of primary amides is 1. The number of phenols is 1. The molecule has 0 aliphatic carbocycles. The third-order valence-corrected chi connectivity index (χ3v) is 2.94. The van der Waals surface area contributed by atoms with Gasteiger partial charge in [0.15, 0.2) is 11.5 Å². The number of nitro groups is 1. The standard InChI is InChI=1S/C14H13N3O5/c1-22-13-5-3-9(7-12(13)18)16-10-4-2-8(14(15)19)6-11(10)17(20)21/h2-7,16,18H,1H3,(H2,15,19). The molecule has 0 fully saturated rings. The zero-order chi connectivity index (χ0) is 16.3. The van der Waals surface area contributed by atoms with Gasteiger partial charge in [0.1, 0.15) is 5.69 Å². The van der Waals surface area contributed by atoms with E-state index in [0.29, 0.717) is 5.69 Å². The van der Waals surface area contributed by atoms with Crippen LogP contribution in [0.3, 0.4) is 0 Å². The molecule has 1 amide bonds. The first kappa shape index (κ1) is 15.1. The molecule has 0 atom stereocenters. The first-order valence-corrected chi connectivity index (χ1v) is 6.14. The summed E-state index contributed by atoms with van der Waals surface area (Å²) in [6.07, 6.45) is 0. The number of benzene rings is 2. The number of phenolic OH excluding ortho intramolecular Hbond substituents is 1. The molecular formula is C14H13N3O5. The third kappa shape index (κ3) is 3.06. The number of carbonyl (C=O) groups is 1. The van der Waals surface area contributed by atoms with Crippen molar-refractivity contribution in [3.05, 3.63) is 52.1 Å². The van der Waals surface area contributed by atoms with Crippen molar-refractivity contribution < 1.29 is 19.6 Å². The summed E-state index contributed by atoms with van der Waals surface area (Å²) in [5.41, 5.74) is 5.44. The number of nitrogens with one attached hydrogen (secondary N) is 1. The molecule has 0 aliphatic heterocycles. The highest BCUT2D eigenvalue weighted by Crippen LogP contribution is 2.33. The molecule has 0 spiro atoms. The predicted molar refractivity (Wildman–Crippen MR) is 79.6 cm³/mol. The molecule has 22 heavy (non-hydrogen) atoms. The van der Waals surface area contributed by atoms with E-state index in [-0.39, 0.29) is 28.4 Å². The summed E-state index contributed by atoms with van der Waals surface area (Å²) < 4.78 is 4.92. The molecule has 0 aliphatic rings. The molecule has 4 N–H and O–H groups in total. The summed E-state index contributed by atoms with van der Waals surface area (Å²) in [6, 6.07) is 8.31. The van der Waals surface area contributed by atoms with Gasteiger partial charge < -0.3 is 20.9 Å². The van der Waals surface area contributed by atoms with Crippen molar-refractivity contribution >= 4 is 23.0 Å². The Balaban J connectivity index is 2.38. The van der Waals surface area contributed by atoms with Gasteiger partial charge in [-0.1, -0.05) is 0 Å². The number of hydrogen-bond acceptors (Lipinski definition) is 6. The largest absolute Gasteiger partial charge is 0.504 e. The molecule has 0 bridgehead atoms. The van der Waals surface area contributed by atoms with Crippen LogP contribution in [0.5, 0.6) is 11.5 Å². The van der Waals surface area contributed by atoms with E-state index in [0.717, 1.165) is 6.07 Å². The summed E-state index contributed by atoms with van der Waals surface area (Å²) in [7, 11) is 1.41. The van der Waals surface area contributed by atoms with E-state index in [9.17, 15) is 20.0 Å². The minimum absolute atomic E-state index is 0.0369. The maximum atomic E-state index is 11.1. The van der Waals surface area contributed by atoms with Crippen LogP contribution in [0.15, 0.2) is 36.4 Å². The normalized spacial score (nSPS) is 10.0. The quantitative estimate of drug-likeness (QED) is 0.573. The molecule has 8 nitrogen and oxygen atoms in total. The first-order valence-electron chi connectivity index (χ1n) is 6.14. The fourth-order valence-corrected chi connectivity index (χ4v) is 1.86. The fraction of sp³-hybridized carbons (Fsp3) is 0.0714.